The smallest absolute Gasteiger partial charge is 0.256 e. The third kappa shape index (κ3) is 13.0. The number of anilines is 1. The molecule has 0 saturated carbocycles. The number of imidazole rings is 1. The van der Waals surface area contributed by atoms with Gasteiger partial charge in [0.2, 0.25) is 0 Å². The lowest BCUT2D eigenvalue weighted by Crippen LogP contribution is -2.54. The number of amides is 1. The van der Waals surface area contributed by atoms with Gasteiger partial charge in [-0.2, -0.15) is 5.26 Å². The molecular weight excluding hydrogens is 1030 g/mol. The number of carbonyl (C=O) groups is 1. The van der Waals surface area contributed by atoms with E-state index in [9.17, 15) is 15.2 Å². The first-order valence-corrected chi connectivity index (χ1v) is 30.5. The molecule has 16 nitrogen and oxygen atoms in total. The van der Waals surface area contributed by atoms with Gasteiger partial charge in [-0.15, -0.1) is 0 Å². The molecule has 6 aromatic rings. The van der Waals surface area contributed by atoms with Gasteiger partial charge in [0.15, 0.2) is 17.3 Å². The third-order valence-corrected chi connectivity index (χ3v) is 19.4. The number of fused-ring (bicyclic) bond motifs is 1. The Hall–Kier alpha value is -6.02. The van der Waals surface area contributed by atoms with E-state index in [0.29, 0.717) is 23.5 Å². The molecule has 1 fully saturated rings. The Morgan fingerprint density at radius 2 is 1.31 bits per heavy atom. The number of unbranched alkanes of at least 4 members (excludes halogenated alkanes) is 13. The van der Waals surface area contributed by atoms with Gasteiger partial charge in [-0.1, -0.05) is 163 Å². The first kappa shape index (κ1) is 60.1. The van der Waals surface area contributed by atoms with Gasteiger partial charge in [-0.25, -0.2) is 19.6 Å². The second-order valence-corrected chi connectivity index (χ2v) is 24.4. The van der Waals surface area contributed by atoms with E-state index in [2.05, 4.69) is 18.3 Å². The second-order valence-electron chi connectivity index (χ2n) is 21.8. The predicted molar refractivity (Wildman–Crippen MR) is 311 cm³/mol. The molecular formula is C63H82N7O9P. The summed E-state index contributed by atoms with van der Waals surface area (Å²) < 4.78 is 61.0. The topological polar surface area (TPSA) is 192 Å². The van der Waals surface area contributed by atoms with Crippen molar-refractivity contribution in [2.45, 2.75) is 172 Å². The summed E-state index contributed by atoms with van der Waals surface area (Å²) in [5.41, 5.74) is -1.12. The van der Waals surface area contributed by atoms with Gasteiger partial charge in [0.1, 0.15) is 52.5 Å². The number of carbonyl (C=O) groups excluding carboxylic acids is 1. The Bertz CT molecular complexity index is 2960. The number of rotatable bonds is 32. The summed E-state index contributed by atoms with van der Waals surface area (Å²) in [7, 11) is -1.29. The fourth-order valence-corrected chi connectivity index (χ4v) is 15.8. The molecule has 9 rings (SSSR count). The lowest BCUT2D eigenvalue weighted by molar-refractivity contribution is -0.256. The number of nitrogens with one attached hydrogen (secondary N) is 1. The average Bonchev–Trinajstić information content (AvgIpc) is 4.26. The number of hydrogen-bond donors (Lipinski definition) is 2. The highest BCUT2D eigenvalue weighted by Gasteiger charge is 2.68. The number of hydrogen-bond acceptors (Lipinski definition) is 13. The van der Waals surface area contributed by atoms with Crippen molar-refractivity contribution in [2.24, 2.45) is 0 Å². The van der Waals surface area contributed by atoms with Crippen LogP contribution in [0.3, 0.4) is 0 Å². The van der Waals surface area contributed by atoms with Crippen molar-refractivity contribution in [3.05, 3.63) is 144 Å². The zero-order valence-corrected chi connectivity index (χ0v) is 48.7. The Morgan fingerprint density at radius 3 is 1.85 bits per heavy atom. The van der Waals surface area contributed by atoms with E-state index < -0.39 is 54.4 Å². The Labute approximate surface area is 473 Å². The quantitative estimate of drug-likeness (QED) is 0.0175. The summed E-state index contributed by atoms with van der Waals surface area (Å²) in [5, 5.41) is 26.4. The molecule has 0 spiro atoms. The lowest BCUT2D eigenvalue weighted by Gasteiger charge is -2.48. The maximum absolute atomic E-state index is 18.1. The summed E-state index contributed by atoms with van der Waals surface area (Å²) in [4.78, 5) is 28.7. The van der Waals surface area contributed by atoms with Crippen LogP contribution in [0, 0.1) is 11.3 Å². The molecule has 2 aromatic heterocycles. The number of ether oxygens (including phenoxy) is 6. The SMILES string of the molecule is CCCCCCCCCCCCCCCCO[C@H]1[C@H]2[C@@H](COC(c3ccccc3)(c3ccc(OC)cc3)c3ccc(OC)cc3)O[C@]1(O)c1nc(NC(=O)c3ccccc3)c3c(ncn3P2(=O)N(C(C)C)C(C)(C)OCCC#N)n1. The van der Waals surface area contributed by atoms with Crippen LogP contribution in [0.2, 0.25) is 0 Å². The van der Waals surface area contributed by atoms with Crippen molar-refractivity contribution >= 4 is 30.3 Å². The van der Waals surface area contributed by atoms with Crippen LogP contribution in [0.1, 0.15) is 164 Å². The zero-order valence-electron chi connectivity index (χ0n) is 47.9. The van der Waals surface area contributed by atoms with Crippen LogP contribution in [0.4, 0.5) is 5.82 Å². The molecule has 1 saturated heterocycles. The molecule has 4 aromatic carbocycles. The van der Waals surface area contributed by atoms with Crippen molar-refractivity contribution in [2.75, 3.05) is 39.4 Å². The average molecular weight is 1110 g/mol. The van der Waals surface area contributed by atoms with Crippen molar-refractivity contribution in [1.29, 1.82) is 5.26 Å². The molecule has 428 valence electrons. The molecule has 17 heteroatoms. The minimum absolute atomic E-state index is 0.0296. The molecule has 2 N–H and O–H groups in total. The maximum Gasteiger partial charge on any atom is 0.256 e. The van der Waals surface area contributed by atoms with E-state index in [1.807, 2.05) is 113 Å². The van der Waals surface area contributed by atoms with Gasteiger partial charge in [-0.3, -0.25) is 13.7 Å². The molecule has 5 heterocycles. The summed E-state index contributed by atoms with van der Waals surface area (Å²) >= 11 is 0. The minimum Gasteiger partial charge on any atom is -0.497 e. The highest BCUT2D eigenvalue weighted by atomic mass is 31.2. The van der Waals surface area contributed by atoms with Crippen molar-refractivity contribution in [3.63, 3.8) is 0 Å². The second kappa shape index (κ2) is 27.6. The number of aromatic nitrogens is 4. The highest BCUT2D eigenvalue weighted by Crippen LogP contribution is 2.68. The Morgan fingerprint density at radius 1 is 0.775 bits per heavy atom. The molecule has 6 bridgehead atoms. The van der Waals surface area contributed by atoms with Crippen LogP contribution >= 0.6 is 7.44 Å². The summed E-state index contributed by atoms with van der Waals surface area (Å²) in [5.74, 6) is -1.96. The van der Waals surface area contributed by atoms with Gasteiger partial charge >= 0.3 is 0 Å². The minimum atomic E-state index is -4.53. The van der Waals surface area contributed by atoms with E-state index in [4.69, 9.17) is 43.4 Å². The molecule has 3 aliphatic rings. The maximum atomic E-state index is 18.1. The monoisotopic (exact) mass is 1110 g/mol. The largest absolute Gasteiger partial charge is 0.497 e. The summed E-state index contributed by atoms with van der Waals surface area (Å²) in [6.07, 6.45) is 15.4. The van der Waals surface area contributed by atoms with Crippen LogP contribution < -0.4 is 14.8 Å². The third-order valence-electron chi connectivity index (χ3n) is 15.5. The zero-order chi connectivity index (χ0) is 56.8. The van der Waals surface area contributed by atoms with E-state index >= 15 is 4.57 Å². The molecule has 80 heavy (non-hydrogen) atoms. The van der Waals surface area contributed by atoms with Gasteiger partial charge in [0, 0.05) is 18.2 Å². The molecule has 1 amide bonds. The van der Waals surface area contributed by atoms with Crippen molar-refractivity contribution < 1.29 is 42.9 Å². The van der Waals surface area contributed by atoms with E-state index in [-0.39, 0.29) is 49.0 Å². The van der Waals surface area contributed by atoms with E-state index in [1.165, 1.54) is 70.5 Å². The molecule has 3 aliphatic heterocycles. The van der Waals surface area contributed by atoms with Gasteiger partial charge < -0.3 is 38.8 Å². The fourth-order valence-electron chi connectivity index (χ4n) is 11.7. The standard InChI is InChI=1S/C63H82N7O9P/c1-8-9-10-11-12-13-14-15-16-17-18-19-20-27-42-76-56-55-53(44-78-62(48-31-25-22-26-32-48,49-33-37-51(74-6)38-34-49)50-35-39-52(75-7)40-36-50)79-63(56,72)60-67-57-54(58(68-60)66-59(71)47-29-23-21-24-30-47)69(45-65-57)80(55,73)70(46(2)3)61(4,5)77-43-28-41-64/h21-26,29-40,45-46,53,55-56,72H,8-20,27-28,42-44H2,1-7H3,(H,66,67,68,71)/t53-,55-,56+,63+,80?/m1/s1. The normalized spacial score (nSPS) is 19.8. The number of aliphatic hydroxyl groups is 1. The van der Waals surface area contributed by atoms with Gasteiger partial charge in [0.05, 0.1) is 39.9 Å². The van der Waals surface area contributed by atoms with Crippen LogP contribution in [-0.4, -0.2) is 98.6 Å². The summed E-state index contributed by atoms with van der Waals surface area (Å²) in [6.45, 7) is 9.66. The number of benzene rings is 4. The van der Waals surface area contributed by atoms with Crippen LogP contribution in [0.25, 0.3) is 11.2 Å². The summed E-state index contributed by atoms with van der Waals surface area (Å²) in [6, 6.07) is 35.5. The molecule has 0 aliphatic carbocycles. The number of methoxy groups -OCH3 is 2. The predicted octanol–water partition coefficient (Wildman–Crippen LogP) is 13.3. The molecule has 1 unspecified atom stereocenters. The van der Waals surface area contributed by atoms with Crippen LogP contribution in [-0.2, 0) is 34.9 Å². The molecule has 5 atom stereocenters. The van der Waals surface area contributed by atoms with Crippen molar-refractivity contribution in [1.82, 2.24) is 24.0 Å². The van der Waals surface area contributed by atoms with Crippen LogP contribution in [0.5, 0.6) is 11.5 Å². The highest BCUT2D eigenvalue weighted by molar-refractivity contribution is 7.61. The van der Waals surface area contributed by atoms with Crippen LogP contribution in [0.15, 0.2) is 116 Å². The van der Waals surface area contributed by atoms with E-state index in [0.717, 1.165) is 36.0 Å². The Kier molecular flexibility index (Phi) is 20.8. The lowest BCUT2D eigenvalue weighted by atomic mass is 9.80. The number of nitrogens with zero attached hydrogens (tertiary/aromatic N) is 6. The Balaban J connectivity index is 1.23. The molecule has 0 radical (unpaired) electrons. The fraction of sp³-hybridized carbons (Fsp3) is 0.508. The van der Waals surface area contributed by atoms with Gasteiger partial charge in [-0.05, 0) is 87.2 Å². The van der Waals surface area contributed by atoms with Crippen molar-refractivity contribution in [3.8, 4) is 17.6 Å². The first-order valence-electron chi connectivity index (χ1n) is 28.8. The van der Waals surface area contributed by atoms with Gasteiger partial charge in [0.25, 0.3) is 19.1 Å². The van der Waals surface area contributed by atoms with E-state index in [1.54, 1.807) is 47.5 Å². The first-order chi connectivity index (χ1) is 38.8. The number of nitriles is 1.